The van der Waals surface area contributed by atoms with Crippen molar-refractivity contribution >= 4 is 5.69 Å². The molecule has 0 spiro atoms. The molecule has 154 valence electrons. The number of hydrogen-bond acceptors (Lipinski definition) is 4. The van der Waals surface area contributed by atoms with E-state index in [1.54, 1.807) is 0 Å². The molecule has 0 amide bonds. The van der Waals surface area contributed by atoms with E-state index in [9.17, 15) is 0 Å². The van der Waals surface area contributed by atoms with Crippen molar-refractivity contribution in [2.75, 3.05) is 5.32 Å². The van der Waals surface area contributed by atoms with Crippen LogP contribution in [0.1, 0.15) is 29.3 Å². The first-order valence-electron chi connectivity index (χ1n) is 10.3. The Morgan fingerprint density at radius 3 is 2.74 bits per heavy atom. The summed E-state index contributed by atoms with van der Waals surface area (Å²) in [4.78, 5) is 3.47. The van der Waals surface area contributed by atoms with Gasteiger partial charge in [0, 0.05) is 42.2 Å². The first-order chi connectivity index (χ1) is 15.1. The third-order valence-electron chi connectivity index (χ3n) is 5.81. The molecule has 2 aromatic heterocycles. The Hall–Kier alpha value is -3.92. The number of nitrogens with zero attached hydrogens (tertiary/aromatic N) is 6. The predicted octanol–water partition coefficient (Wildman–Crippen LogP) is 4.63. The molecule has 7 heteroatoms. The average molecular weight is 409 g/mol. The first-order valence-corrected chi connectivity index (χ1v) is 10.3. The molecule has 7 nitrogen and oxygen atoms in total. The normalized spacial score (nSPS) is 14.9. The maximum Gasteiger partial charge on any atom is 0.239 e. The van der Waals surface area contributed by atoms with E-state index < -0.39 is 0 Å². The Morgan fingerprint density at radius 1 is 1.16 bits per heavy atom. The maximum atomic E-state index is 7.05. The second-order valence-electron chi connectivity index (χ2n) is 7.95. The Bertz CT molecular complexity index is 1270. The fraction of sp³-hybridized carbons (Fsp3) is 0.250. The molecule has 4 aromatic rings. The van der Waals surface area contributed by atoms with Crippen molar-refractivity contribution in [3.8, 4) is 22.4 Å². The lowest BCUT2D eigenvalue weighted by molar-refractivity contribution is 0.539. The molecule has 0 saturated heterocycles. The van der Waals surface area contributed by atoms with Gasteiger partial charge in [0.15, 0.2) is 0 Å². The maximum absolute atomic E-state index is 7.05. The van der Waals surface area contributed by atoms with Crippen LogP contribution in [0.3, 0.4) is 0 Å². The van der Waals surface area contributed by atoms with Gasteiger partial charge in [-0.15, -0.1) is 5.10 Å². The number of anilines is 1. The van der Waals surface area contributed by atoms with E-state index in [1.165, 1.54) is 5.56 Å². The summed E-state index contributed by atoms with van der Waals surface area (Å²) in [6.07, 6.45) is 4.82. The molecule has 1 aliphatic heterocycles. The van der Waals surface area contributed by atoms with Crippen LogP contribution in [0.25, 0.3) is 27.2 Å². The van der Waals surface area contributed by atoms with Gasteiger partial charge < -0.3 is 10.2 Å². The second-order valence-corrected chi connectivity index (χ2v) is 7.95. The predicted molar refractivity (Wildman–Crippen MR) is 120 cm³/mol. The summed E-state index contributed by atoms with van der Waals surface area (Å²) in [6, 6.07) is 14.9. The number of hydrogen-bond donors (Lipinski definition) is 1. The summed E-state index contributed by atoms with van der Waals surface area (Å²) >= 11 is 0. The molecule has 3 heterocycles. The molecule has 0 fully saturated rings. The van der Waals surface area contributed by atoms with E-state index in [1.807, 2.05) is 47.9 Å². The van der Waals surface area contributed by atoms with Crippen LogP contribution >= 0.6 is 0 Å². The highest BCUT2D eigenvalue weighted by Crippen LogP contribution is 2.39. The van der Waals surface area contributed by atoms with Gasteiger partial charge in [-0.25, -0.2) is 11.3 Å². The fourth-order valence-corrected chi connectivity index (χ4v) is 4.26. The van der Waals surface area contributed by atoms with Crippen LogP contribution < -0.4 is 5.32 Å². The summed E-state index contributed by atoms with van der Waals surface area (Å²) in [5.74, 6) is 0. The zero-order chi connectivity index (χ0) is 21.4. The summed E-state index contributed by atoms with van der Waals surface area (Å²) in [5, 5.41) is 16.7. The Balaban J connectivity index is 1.57. The standard InChI is InChI=1S/C24H23N7/c1-16-24-21-9-6-18(19-14-26-30(3)15-19)12-22(21)23(10-11-31(24)29-28-16)27-20-7-4-17(5-8-20)13-25-2/h4-9,12,14-15,23,27H,10-11,13H2,1,3H3. The molecular formula is C24H23N7. The molecule has 1 unspecified atom stereocenters. The molecule has 1 atom stereocenters. The quantitative estimate of drug-likeness (QED) is 0.499. The molecule has 0 saturated carbocycles. The minimum atomic E-state index is 0.124. The minimum Gasteiger partial charge on any atom is -0.378 e. The number of aromatic nitrogens is 5. The van der Waals surface area contributed by atoms with Gasteiger partial charge in [-0.05, 0) is 54.8 Å². The van der Waals surface area contributed by atoms with Gasteiger partial charge in [0.05, 0.1) is 23.6 Å². The van der Waals surface area contributed by atoms with Crippen LogP contribution in [0.2, 0.25) is 0 Å². The van der Waals surface area contributed by atoms with Gasteiger partial charge in [0.1, 0.15) is 0 Å². The van der Waals surface area contributed by atoms with E-state index >= 15 is 0 Å². The zero-order valence-electron chi connectivity index (χ0n) is 17.6. The van der Waals surface area contributed by atoms with Crippen LogP contribution in [0, 0.1) is 13.5 Å². The Kier molecular flexibility index (Phi) is 4.75. The molecule has 0 bridgehead atoms. The highest BCUT2D eigenvalue weighted by Gasteiger charge is 2.25. The zero-order valence-corrected chi connectivity index (χ0v) is 17.6. The van der Waals surface area contributed by atoms with E-state index in [4.69, 9.17) is 6.57 Å². The Morgan fingerprint density at radius 2 is 2.00 bits per heavy atom. The van der Waals surface area contributed by atoms with Crippen LogP contribution in [-0.2, 0) is 20.1 Å². The number of fused-ring (bicyclic) bond motifs is 3. The monoisotopic (exact) mass is 409 g/mol. The highest BCUT2D eigenvalue weighted by atomic mass is 15.4. The largest absolute Gasteiger partial charge is 0.378 e. The summed E-state index contributed by atoms with van der Waals surface area (Å²) in [7, 11) is 1.93. The molecule has 0 aliphatic carbocycles. The summed E-state index contributed by atoms with van der Waals surface area (Å²) in [5.41, 5.74) is 8.74. The van der Waals surface area contributed by atoms with Gasteiger partial charge in [0.25, 0.3) is 0 Å². The third-order valence-corrected chi connectivity index (χ3v) is 5.81. The molecular weight excluding hydrogens is 386 g/mol. The van der Waals surface area contributed by atoms with Gasteiger partial charge in [-0.2, -0.15) is 5.10 Å². The lowest BCUT2D eigenvalue weighted by atomic mass is 9.93. The van der Waals surface area contributed by atoms with E-state index in [2.05, 4.69) is 55.9 Å². The van der Waals surface area contributed by atoms with Crippen molar-refractivity contribution in [1.82, 2.24) is 24.8 Å². The van der Waals surface area contributed by atoms with Crippen molar-refractivity contribution < 1.29 is 0 Å². The molecule has 2 aromatic carbocycles. The SMILES string of the molecule is [C-]#[N+]Cc1ccc(NC2CCn3nnc(C)c3-c3ccc(-c4cnn(C)c4)cc32)cc1. The second kappa shape index (κ2) is 7.73. The van der Waals surface area contributed by atoms with Gasteiger partial charge in [-0.1, -0.05) is 17.3 Å². The number of aryl methyl sites for hydroxylation is 3. The van der Waals surface area contributed by atoms with Crippen molar-refractivity contribution in [3.05, 3.63) is 83.1 Å². The van der Waals surface area contributed by atoms with Crippen LogP contribution in [0.4, 0.5) is 5.69 Å². The van der Waals surface area contributed by atoms with Crippen molar-refractivity contribution in [2.45, 2.75) is 32.5 Å². The Labute approximate surface area is 181 Å². The highest BCUT2D eigenvalue weighted by molar-refractivity contribution is 5.74. The fourth-order valence-electron chi connectivity index (χ4n) is 4.26. The van der Waals surface area contributed by atoms with Crippen molar-refractivity contribution in [3.63, 3.8) is 0 Å². The minimum absolute atomic E-state index is 0.124. The number of rotatable bonds is 4. The van der Waals surface area contributed by atoms with Crippen LogP contribution in [-0.4, -0.2) is 24.8 Å². The van der Waals surface area contributed by atoms with E-state index in [0.29, 0.717) is 6.54 Å². The van der Waals surface area contributed by atoms with E-state index in [0.717, 1.165) is 52.3 Å². The smallest absolute Gasteiger partial charge is 0.239 e. The van der Waals surface area contributed by atoms with Gasteiger partial charge >= 0.3 is 0 Å². The summed E-state index contributed by atoms with van der Waals surface area (Å²) in [6.45, 7) is 10.3. The molecule has 0 radical (unpaired) electrons. The van der Waals surface area contributed by atoms with Crippen LogP contribution in [0.15, 0.2) is 54.9 Å². The lowest BCUT2D eigenvalue weighted by Gasteiger charge is -2.21. The van der Waals surface area contributed by atoms with Gasteiger partial charge in [-0.3, -0.25) is 4.68 Å². The topological polar surface area (TPSA) is 64.9 Å². The molecule has 1 N–H and O–H groups in total. The summed E-state index contributed by atoms with van der Waals surface area (Å²) < 4.78 is 3.84. The van der Waals surface area contributed by atoms with E-state index in [-0.39, 0.29) is 6.04 Å². The number of benzene rings is 2. The molecule has 5 rings (SSSR count). The lowest BCUT2D eigenvalue weighted by Crippen LogP contribution is -2.12. The van der Waals surface area contributed by atoms with Gasteiger partial charge in [0.2, 0.25) is 6.54 Å². The number of nitrogens with one attached hydrogen (secondary N) is 1. The van der Waals surface area contributed by atoms with Crippen molar-refractivity contribution in [1.29, 1.82) is 0 Å². The third kappa shape index (κ3) is 3.57. The van der Waals surface area contributed by atoms with Crippen LogP contribution in [0.5, 0.6) is 0 Å². The molecule has 31 heavy (non-hydrogen) atoms. The molecule has 1 aliphatic rings. The van der Waals surface area contributed by atoms with Crippen molar-refractivity contribution in [2.24, 2.45) is 7.05 Å². The first kappa shape index (κ1) is 19.1. The average Bonchev–Trinajstić information content (AvgIpc) is 3.33.